The third-order valence-corrected chi connectivity index (χ3v) is 1.82. The Hall–Kier alpha value is -1.00. The Balaban J connectivity index is 3.20. The van der Waals surface area contributed by atoms with Crippen LogP contribution in [-0.4, -0.2) is 16.8 Å². The van der Waals surface area contributed by atoms with E-state index in [1.165, 1.54) is 6.92 Å². The maximum absolute atomic E-state index is 13.0. The van der Waals surface area contributed by atoms with E-state index in [1.807, 2.05) is 0 Å². The molecule has 0 radical (unpaired) electrons. The second kappa shape index (κ2) is 3.40. The zero-order chi connectivity index (χ0) is 10.1. The lowest BCUT2D eigenvalue weighted by atomic mass is 9.96. The third-order valence-electron chi connectivity index (χ3n) is 1.82. The van der Waals surface area contributed by atoms with Gasteiger partial charge in [-0.1, -0.05) is 0 Å². The zero-order valence-corrected chi connectivity index (χ0v) is 7.09. The Kier molecular flexibility index (Phi) is 2.63. The number of benzene rings is 1. The van der Waals surface area contributed by atoms with Crippen LogP contribution in [0.5, 0.6) is 0 Å². The van der Waals surface area contributed by atoms with Crippen molar-refractivity contribution in [3.8, 4) is 0 Å². The molecule has 0 aliphatic heterocycles. The van der Waals surface area contributed by atoms with Gasteiger partial charge in [0.05, 0.1) is 6.61 Å². The summed E-state index contributed by atoms with van der Waals surface area (Å²) >= 11 is 0. The van der Waals surface area contributed by atoms with E-state index >= 15 is 0 Å². The van der Waals surface area contributed by atoms with Crippen LogP contribution < -0.4 is 0 Å². The Labute approximate surface area is 74.4 Å². The van der Waals surface area contributed by atoms with Crippen LogP contribution in [-0.2, 0) is 5.60 Å². The van der Waals surface area contributed by atoms with E-state index in [1.54, 1.807) is 0 Å². The van der Waals surface area contributed by atoms with E-state index < -0.39 is 23.8 Å². The predicted octanol–water partition coefficient (Wildman–Crippen LogP) is 1.16. The Bertz CT molecular complexity index is 310. The fourth-order valence-electron chi connectivity index (χ4n) is 0.995. The monoisotopic (exact) mass is 188 g/mol. The molecule has 13 heavy (non-hydrogen) atoms. The quantitative estimate of drug-likeness (QED) is 0.731. The maximum Gasteiger partial charge on any atom is 0.129 e. The van der Waals surface area contributed by atoms with Crippen molar-refractivity contribution in [2.75, 3.05) is 6.61 Å². The van der Waals surface area contributed by atoms with Crippen LogP contribution in [0.1, 0.15) is 12.5 Å². The van der Waals surface area contributed by atoms with E-state index in [9.17, 15) is 13.9 Å². The number of halogens is 2. The molecule has 1 rings (SSSR count). The SMILES string of the molecule is CC(O)(CO)c1cc(F)ccc1F. The first-order valence-corrected chi connectivity index (χ1v) is 3.76. The smallest absolute Gasteiger partial charge is 0.129 e. The first kappa shape index (κ1) is 10.1. The molecule has 0 aromatic heterocycles. The van der Waals surface area contributed by atoms with Crippen molar-refractivity contribution in [2.45, 2.75) is 12.5 Å². The highest BCUT2D eigenvalue weighted by atomic mass is 19.1. The lowest BCUT2D eigenvalue weighted by Gasteiger charge is -2.21. The van der Waals surface area contributed by atoms with Crippen LogP contribution in [0.3, 0.4) is 0 Å². The van der Waals surface area contributed by atoms with Gasteiger partial charge < -0.3 is 10.2 Å². The molecule has 0 heterocycles. The molecule has 0 fully saturated rings. The summed E-state index contributed by atoms with van der Waals surface area (Å²) in [6.07, 6.45) is 0. The fraction of sp³-hybridized carbons (Fsp3) is 0.333. The summed E-state index contributed by atoms with van der Waals surface area (Å²) in [5.41, 5.74) is -1.98. The number of rotatable bonds is 2. The minimum Gasteiger partial charge on any atom is -0.393 e. The van der Waals surface area contributed by atoms with Crippen molar-refractivity contribution in [1.29, 1.82) is 0 Å². The summed E-state index contributed by atoms with van der Waals surface area (Å²) < 4.78 is 25.7. The highest BCUT2D eigenvalue weighted by molar-refractivity contribution is 5.24. The first-order valence-electron chi connectivity index (χ1n) is 3.76. The summed E-state index contributed by atoms with van der Waals surface area (Å²) in [6.45, 7) is 0.554. The average Bonchev–Trinajstić information content (AvgIpc) is 2.09. The van der Waals surface area contributed by atoms with Crippen LogP contribution in [0.4, 0.5) is 8.78 Å². The number of aliphatic hydroxyl groups is 2. The van der Waals surface area contributed by atoms with Gasteiger partial charge in [0.1, 0.15) is 17.2 Å². The van der Waals surface area contributed by atoms with Gasteiger partial charge in [0.25, 0.3) is 0 Å². The lowest BCUT2D eigenvalue weighted by molar-refractivity contribution is -0.00531. The molecule has 0 amide bonds. The molecule has 1 aromatic rings. The normalized spacial score (nSPS) is 15.5. The fourth-order valence-corrected chi connectivity index (χ4v) is 0.995. The second-order valence-corrected chi connectivity index (χ2v) is 3.06. The molecule has 4 heteroatoms. The maximum atomic E-state index is 13.0. The molecule has 0 saturated heterocycles. The van der Waals surface area contributed by atoms with Gasteiger partial charge >= 0.3 is 0 Å². The minimum atomic E-state index is -1.74. The van der Waals surface area contributed by atoms with E-state index in [4.69, 9.17) is 5.11 Å². The van der Waals surface area contributed by atoms with Crippen LogP contribution in [0, 0.1) is 11.6 Å². The topological polar surface area (TPSA) is 40.5 Å². The van der Waals surface area contributed by atoms with Crippen LogP contribution in [0.15, 0.2) is 18.2 Å². The number of hydrogen-bond donors (Lipinski definition) is 2. The largest absolute Gasteiger partial charge is 0.393 e. The summed E-state index contributed by atoms with van der Waals surface area (Å²) in [4.78, 5) is 0. The average molecular weight is 188 g/mol. The molecular weight excluding hydrogens is 178 g/mol. The first-order chi connectivity index (χ1) is 5.97. The molecule has 0 aliphatic carbocycles. The van der Waals surface area contributed by atoms with Crippen molar-refractivity contribution in [2.24, 2.45) is 0 Å². The molecule has 0 aliphatic rings. The summed E-state index contributed by atoms with van der Waals surface area (Å²) in [5, 5.41) is 18.2. The summed E-state index contributed by atoms with van der Waals surface area (Å²) in [7, 11) is 0. The minimum absolute atomic E-state index is 0.241. The second-order valence-electron chi connectivity index (χ2n) is 3.06. The predicted molar refractivity (Wildman–Crippen MR) is 43.0 cm³/mol. The van der Waals surface area contributed by atoms with Crippen LogP contribution in [0.2, 0.25) is 0 Å². The van der Waals surface area contributed by atoms with Crippen molar-refractivity contribution < 1.29 is 19.0 Å². The van der Waals surface area contributed by atoms with Gasteiger partial charge in [0, 0.05) is 5.56 Å². The van der Waals surface area contributed by atoms with E-state index in [0.29, 0.717) is 0 Å². The van der Waals surface area contributed by atoms with Crippen LogP contribution in [0.25, 0.3) is 0 Å². The van der Waals surface area contributed by atoms with E-state index in [-0.39, 0.29) is 5.56 Å². The molecule has 1 unspecified atom stereocenters. The van der Waals surface area contributed by atoms with Gasteiger partial charge in [0.15, 0.2) is 0 Å². The molecule has 2 nitrogen and oxygen atoms in total. The summed E-state index contributed by atoms with van der Waals surface area (Å²) in [5.74, 6) is -1.38. The van der Waals surface area contributed by atoms with E-state index in [0.717, 1.165) is 18.2 Å². The van der Waals surface area contributed by atoms with Crippen molar-refractivity contribution in [3.05, 3.63) is 35.4 Å². The molecule has 0 saturated carbocycles. The molecular formula is C9H10F2O2. The molecule has 0 spiro atoms. The lowest BCUT2D eigenvalue weighted by Crippen LogP contribution is -2.27. The van der Waals surface area contributed by atoms with Crippen molar-refractivity contribution in [3.63, 3.8) is 0 Å². The highest BCUT2D eigenvalue weighted by Crippen LogP contribution is 2.23. The third kappa shape index (κ3) is 2.02. The van der Waals surface area contributed by atoms with Crippen molar-refractivity contribution >= 4 is 0 Å². The van der Waals surface area contributed by atoms with Gasteiger partial charge in [-0.3, -0.25) is 0 Å². The Morgan fingerprint density at radius 1 is 1.38 bits per heavy atom. The summed E-state index contributed by atoms with van der Waals surface area (Å²) in [6, 6.07) is 2.73. The van der Waals surface area contributed by atoms with Gasteiger partial charge in [-0.25, -0.2) is 8.78 Å². The molecule has 1 atom stereocenters. The molecule has 1 aromatic carbocycles. The van der Waals surface area contributed by atoms with E-state index in [2.05, 4.69) is 0 Å². The molecule has 2 N–H and O–H groups in total. The number of hydrogen-bond acceptors (Lipinski definition) is 2. The standard InChI is InChI=1S/C9H10F2O2/c1-9(13,5-12)7-4-6(10)2-3-8(7)11/h2-4,12-13H,5H2,1H3. The van der Waals surface area contributed by atoms with Crippen molar-refractivity contribution in [1.82, 2.24) is 0 Å². The molecule has 72 valence electrons. The van der Waals surface area contributed by atoms with Crippen LogP contribution >= 0.6 is 0 Å². The molecule has 0 bridgehead atoms. The van der Waals surface area contributed by atoms with Gasteiger partial charge in [0.2, 0.25) is 0 Å². The Morgan fingerprint density at radius 3 is 2.54 bits per heavy atom. The number of aliphatic hydroxyl groups excluding tert-OH is 1. The Morgan fingerprint density at radius 2 is 2.00 bits per heavy atom. The highest BCUT2D eigenvalue weighted by Gasteiger charge is 2.25. The van der Waals surface area contributed by atoms with Gasteiger partial charge in [-0.2, -0.15) is 0 Å². The van der Waals surface area contributed by atoms with Gasteiger partial charge in [-0.15, -0.1) is 0 Å². The van der Waals surface area contributed by atoms with Gasteiger partial charge in [-0.05, 0) is 25.1 Å². The zero-order valence-electron chi connectivity index (χ0n) is 7.09.